The number of fused-ring (bicyclic) bond motifs is 19. The van der Waals surface area contributed by atoms with Gasteiger partial charge in [0.05, 0.1) is 22.3 Å². The number of pyridine rings is 4. The Morgan fingerprint density at radius 1 is 0.231 bits per heavy atom. The molecular weight excluding hydrogens is 1320 g/mol. The summed E-state index contributed by atoms with van der Waals surface area (Å²) >= 11 is 0. The van der Waals surface area contributed by atoms with Gasteiger partial charge in [-0.05, 0) is 222 Å². The molecular formula is C100H88N4O4+4. The normalized spacial score (nSPS) is 13.8. The monoisotopic (exact) mass is 1420 g/mol. The number of aromatic nitrogens is 4. The van der Waals surface area contributed by atoms with Gasteiger partial charge in [-0.15, -0.1) is 0 Å². The lowest BCUT2D eigenvalue weighted by molar-refractivity contribution is -0.660. The Kier molecular flexibility index (Phi) is 13.9. The summed E-state index contributed by atoms with van der Waals surface area (Å²) in [5.41, 5.74) is 23.8. The third kappa shape index (κ3) is 11.7. The standard InChI is InChI=1S/4C25H22NO/c1-15-13-22(26(4)14-16(15)2)19-10-11-21-24-20-8-6-5-7-18(20)9-12-23(24)27-25(21)17(19)3;1-15-12-23(26(4)14-17(15)3)21-13-24-22(11-16(21)2)20-10-9-18-7-5-6-8-19(18)25(20)27-24;1-15-11-23(26(4)14-16(15)2)20-9-10-21-22-12-18-7-5-6-8-19(18)13-24(22)27-25(21)17(20)3;1-15-13-23(26(4)14-16(15)2)19-11-12-21-22-10-9-18-7-5-6-8-20(18)25(22)27-24(21)17(19)3/h4*5-14H,1-4H3/q4*+1/i2D3;3D3;2*2D3. The van der Waals surface area contributed by atoms with Crippen molar-refractivity contribution in [3.8, 4) is 45.0 Å². The maximum atomic E-state index is 7.77. The van der Waals surface area contributed by atoms with Crippen LogP contribution >= 0.6 is 0 Å². The zero-order valence-corrected chi connectivity index (χ0v) is 62.5. The summed E-state index contributed by atoms with van der Waals surface area (Å²) in [4.78, 5) is 0. The van der Waals surface area contributed by atoms with E-state index in [1.165, 1.54) is 16.2 Å². The maximum Gasteiger partial charge on any atom is 0.212 e. The minimum absolute atomic E-state index is 0.377. The molecule has 0 N–H and O–H groups in total. The van der Waals surface area contributed by atoms with Crippen LogP contribution in [-0.2, 0) is 28.2 Å². The van der Waals surface area contributed by atoms with Gasteiger partial charge in [0, 0.05) is 134 Å². The largest absolute Gasteiger partial charge is 0.456 e. The maximum absolute atomic E-state index is 7.77. The van der Waals surface area contributed by atoms with E-state index in [2.05, 4.69) is 173 Å². The molecule has 0 atom stereocenters. The summed E-state index contributed by atoms with van der Waals surface area (Å²) < 4.78 is 126. The molecule has 8 aromatic heterocycles. The molecule has 0 spiro atoms. The highest BCUT2D eigenvalue weighted by Crippen LogP contribution is 2.43. The Labute approximate surface area is 646 Å². The summed E-state index contributed by atoms with van der Waals surface area (Å²) in [5.74, 6) is 0. The summed E-state index contributed by atoms with van der Waals surface area (Å²) in [6.07, 6.45) is 6.86. The molecule has 0 radical (unpaired) electrons. The average Bonchev–Trinajstić information content (AvgIpc) is 1.60. The second-order valence-electron chi connectivity index (χ2n) is 29.1. The lowest BCUT2D eigenvalue weighted by Gasteiger charge is -2.07. The smallest absolute Gasteiger partial charge is 0.212 e. The van der Waals surface area contributed by atoms with E-state index in [1.54, 1.807) is 24.8 Å². The molecule has 12 aromatic carbocycles. The van der Waals surface area contributed by atoms with Gasteiger partial charge in [-0.2, -0.15) is 0 Å². The number of furan rings is 4. The fraction of sp³-hybridized carbons (Fsp3) is 0.160. The molecule has 8 heterocycles. The first kappa shape index (κ1) is 55.9. The van der Waals surface area contributed by atoms with Crippen LogP contribution in [0.3, 0.4) is 0 Å². The van der Waals surface area contributed by atoms with Crippen molar-refractivity contribution < 1.29 is 52.4 Å². The van der Waals surface area contributed by atoms with Crippen molar-refractivity contribution in [2.75, 3.05) is 0 Å². The first-order chi connectivity index (χ1) is 57.0. The number of benzene rings is 12. The van der Waals surface area contributed by atoms with E-state index in [-0.39, 0.29) is 0 Å². The van der Waals surface area contributed by atoms with E-state index in [0.717, 1.165) is 204 Å². The van der Waals surface area contributed by atoms with Crippen molar-refractivity contribution in [3.05, 3.63) is 310 Å². The molecule has 8 heteroatoms. The van der Waals surface area contributed by atoms with Crippen LogP contribution in [0.1, 0.15) is 83.2 Å². The number of aryl methyl sites for hydroxylation is 16. The second kappa shape index (κ2) is 26.8. The minimum Gasteiger partial charge on any atom is -0.456 e. The van der Waals surface area contributed by atoms with Gasteiger partial charge in [0.25, 0.3) is 0 Å². The quantitative estimate of drug-likeness (QED) is 0.165. The van der Waals surface area contributed by atoms with E-state index < -0.39 is 27.4 Å². The Balaban J connectivity index is 0.000000114. The van der Waals surface area contributed by atoms with Crippen LogP contribution in [0, 0.1) is 82.8 Å². The lowest BCUT2D eigenvalue weighted by Crippen LogP contribution is -2.31. The third-order valence-electron chi connectivity index (χ3n) is 22.0. The number of hydrogen-bond acceptors (Lipinski definition) is 4. The van der Waals surface area contributed by atoms with Crippen molar-refractivity contribution >= 4 is 131 Å². The summed E-state index contributed by atoms with van der Waals surface area (Å²) in [6, 6.07) is 74.7. The zero-order valence-electron chi connectivity index (χ0n) is 74.5. The molecule has 0 amide bonds. The Bertz CT molecular complexity index is 7430. The van der Waals surface area contributed by atoms with E-state index in [0.29, 0.717) is 22.3 Å². The van der Waals surface area contributed by atoms with Crippen LogP contribution in [0.2, 0.25) is 0 Å². The SMILES string of the molecule is [2H]C([2H])([2H])c1c[n+](C)c(-c2cc3oc4c5ccccc5ccc4c3cc2C)cc1C.[2H]C([2H])([2H])c1c[n+](C)c(-c2ccc3c(oc4c5ccccc5ccc34)c2C)cc1C.[2H]C([2H])([2H])c1c[n+](C)c(-c2ccc3c(oc4cc5ccccc5cc43)c2C)cc1C.[2H]C([2H])([2H])c1c[n+](C)c(-c2ccc3c(oc4ccc5ccccc5c43)c2C)cc1C. The Hall–Kier alpha value is -12.5. The summed E-state index contributed by atoms with van der Waals surface area (Å²) in [5, 5.41) is 18.1. The molecule has 108 heavy (non-hydrogen) atoms. The highest BCUT2D eigenvalue weighted by atomic mass is 16.3. The van der Waals surface area contributed by atoms with Gasteiger partial charge in [-0.1, -0.05) is 115 Å². The topological polar surface area (TPSA) is 68.1 Å². The average molecular weight is 1420 g/mol. The first-order valence-electron chi connectivity index (χ1n) is 42.4. The highest BCUT2D eigenvalue weighted by Gasteiger charge is 2.25. The van der Waals surface area contributed by atoms with Crippen LogP contribution in [0.4, 0.5) is 0 Å². The van der Waals surface area contributed by atoms with Gasteiger partial charge in [-0.3, -0.25) is 0 Å². The first-order valence-corrected chi connectivity index (χ1v) is 36.4. The number of hydrogen-bond donors (Lipinski definition) is 0. The van der Waals surface area contributed by atoms with Crippen molar-refractivity contribution in [2.45, 2.75) is 82.8 Å². The van der Waals surface area contributed by atoms with Crippen molar-refractivity contribution in [1.29, 1.82) is 0 Å². The van der Waals surface area contributed by atoms with Gasteiger partial charge in [-0.25, -0.2) is 18.3 Å². The van der Waals surface area contributed by atoms with Crippen LogP contribution in [0.15, 0.2) is 261 Å². The molecule has 20 rings (SSSR count). The molecule has 8 nitrogen and oxygen atoms in total. The Morgan fingerprint density at radius 3 is 1.06 bits per heavy atom. The minimum atomic E-state index is -2.13. The zero-order chi connectivity index (χ0) is 84.8. The van der Waals surface area contributed by atoms with E-state index in [4.69, 9.17) is 34.1 Å². The van der Waals surface area contributed by atoms with Gasteiger partial charge in [0.2, 0.25) is 22.8 Å². The lowest BCUT2D eigenvalue weighted by atomic mass is 9.98. The van der Waals surface area contributed by atoms with Crippen LogP contribution in [-0.4, -0.2) is 0 Å². The fourth-order valence-corrected chi connectivity index (χ4v) is 15.9. The molecule has 0 unspecified atom stereocenters. The van der Waals surface area contributed by atoms with E-state index in [1.807, 2.05) is 147 Å². The predicted octanol–water partition coefficient (Wildman–Crippen LogP) is 24.6. The second-order valence-corrected chi connectivity index (χ2v) is 29.1. The van der Waals surface area contributed by atoms with E-state index >= 15 is 0 Å². The molecule has 0 saturated carbocycles. The van der Waals surface area contributed by atoms with Crippen LogP contribution in [0.5, 0.6) is 0 Å². The molecule has 0 aliphatic carbocycles. The Morgan fingerprint density at radius 2 is 0.565 bits per heavy atom. The van der Waals surface area contributed by atoms with Gasteiger partial charge >= 0.3 is 0 Å². The van der Waals surface area contributed by atoms with Gasteiger partial charge in [0.15, 0.2) is 24.8 Å². The van der Waals surface area contributed by atoms with Crippen molar-refractivity contribution in [2.24, 2.45) is 28.2 Å². The number of rotatable bonds is 4. The molecule has 20 aromatic rings. The molecule has 0 aliphatic heterocycles. The predicted molar refractivity (Wildman–Crippen MR) is 448 cm³/mol. The van der Waals surface area contributed by atoms with Crippen molar-refractivity contribution in [1.82, 2.24) is 0 Å². The summed E-state index contributed by atoms with van der Waals surface area (Å²) in [6.45, 7) is 7.19. The third-order valence-corrected chi connectivity index (χ3v) is 22.0. The van der Waals surface area contributed by atoms with Gasteiger partial charge < -0.3 is 17.7 Å². The van der Waals surface area contributed by atoms with Crippen molar-refractivity contribution in [3.63, 3.8) is 0 Å². The molecule has 0 aliphatic rings. The molecule has 0 saturated heterocycles. The molecule has 528 valence electrons. The van der Waals surface area contributed by atoms with Gasteiger partial charge in [0.1, 0.15) is 72.9 Å². The van der Waals surface area contributed by atoms with E-state index in [9.17, 15) is 0 Å². The molecule has 0 bridgehead atoms. The van der Waals surface area contributed by atoms with Crippen LogP contribution in [0.25, 0.3) is 176 Å². The fourth-order valence-electron chi connectivity index (χ4n) is 15.9. The molecule has 0 fully saturated rings. The highest BCUT2D eigenvalue weighted by molar-refractivity contribution is 6.21. The summed E-state index contributed by atoms with van der Waals surface area (Å²) in [7, 11) is 7.55. The van der Waals surface area contributed by atoms with Crippen LogP contribution < -0.4 is 18.3 Å². The number of nitrogens with zero attached hydrogens (tertiary/aromatic N) is 4.